The Morgan fingerprint density at radius 1 is 1.37 bits per heavy atom. The highest BCUT2D eigenvalue weighted by atomic mass is 35.5. The van der Waals surface area contributed by atoms with Crippen molar-refractivity contribution in [1.82, 2.24) is 15.1 Å². The van der Waals surface area contributed by atoms with E-state index in [1.54, 1.807) is 23.9 Å². The molecule has 0 spiro atoms. The fourth-order valence-electron chi connectivity index (χ4n) is 3.31. The number of hydrogen-bond donors (Lipinski definition) is 2. The van der Waals surface area contributed by atoms with Crippen molar-refractivity contribution in [2.24, 2.45) is 11.8 Å². The summed E-state index contributed by atoms with van der Waals surface area (Å²) in [6, 6.07) is 7.21. The summed E-state index contributed by atoms with van der Waals surface area (Å²) in [5.41, 5.74) is 1.61. The minimum atomic E-state index is -0.902. The summed E-state index contributed by atoms with van der Waals surface area (Å²) in [7, 11) is 0. The van der Waals surface area contributed by atoms with Crippen LogP contribution < -0.4 is 5.32 Å². The van der Waals surface area contributed by atoms with Gasteiger partial charge in [0.25, 0.3) is 5.91 Å². The molecule has 144 valence electrons. The Labute approximate surface area is 162 Å². The summed E-state index contributed by atoms with van der Waals surface area (Å²) in [5, 5.41) is 17.1. The van der Waals surface area contributed by atoms with E-state index in [-0.39, 0.29) is 18.2 Å². The number of aliphatic carboxylic acids is 1. The number of carbonyl (C=O) groups is 2. The number of ether oxygens (including phenoxy) is 1. The van der Waals surface area contributed by atoms with E-state index in [0.29, 0.717) is 42.3 Å². The Kier molecular flexibility index (Phi) is 6.13. The summed E-state index contributed by atoms with van der Waals surface area (Å²) in [6.45, 7) is 2.97. The highest BCUT2D eigenvalue weighted by Crippen LogP contribution is 2.24. The van der Waals surface area contributed by atoms with E-state index in [9.17, 15) is 14.7 Å². The first-order valence-corrected chi connectivity index (χ1v) is 9.25. The second-order valence-electron chi connectivity index (χ2n) is 6.66. The van der Waals surface area contributed by atoms with Gasteiger partial charge in [-0.3, -0.25) is 9.59 Å². The molecule has 1 unspecified atom stereocenters. The topological polar surface area (TPSA) is 93.5 Å². The van der Waals surface area contributed by atoms with Crippen LogP contribution in [0, 0.1) is 18.8 Å². The van der Waals surface area contributed by atoms with Crippen LogP contribution in [0.5, 0.6) is 0 Å². The minimum Gasteiger partial charge on any atom is -0.481 e. The first-order chi connectivity index (χ1) is 13.0. The zero-order chi connectivity index (χ0) is 19.4. The molecule has 0 bridgehead atoms. The molecule has 0 radical (unpaired) electrons. The molecule has 2 heterocycles. The molecule has 27 heavy (non-hydrogen) atoms. The normalized spacial score (nSPS) is 16.1. The van der Waals surface area contributed by atoms with E-state index < -0.39 is 17.8 Å². The number of hydrogen-bond acceptors (Lipinski definition) is 4. The third kappa shape index (κ3) is 4.48. The average Bonchev–Trinajstić information content (AvgIpc) is 3.04. The van der Waals surface area contributed by atoms with E-state index >= 15 is 0 Å². The van der Waals surface area contributed by atoms with Gasteiger partial charge in [0.05, 0.1) is 16.6 Å². The van der Waals surface area contributed by atoms with Gasteiger partial charge >= 0.3 is 5.97 Å². The number of benzene rings is 1. The number of halogens is 1. The molecule has 1 aliphatic heterocycles. The first kappa shape index (κ1) is 19.4. The van der Waals surface area contributed by atoms with Crippen molar-refractivity contribution in [3.63, 3.8) is 0 Å². The molecule has 2 N–H and O–H groups in total. The number of carboxylic acid groups (broad SMARTS) is 1. The van der Waals surface area contributed by atoms with Gasteiger partial charge in [-0.05, 0) is 37.8 Å². The standard InChI is InChI=1S/C19H22ClN3O4/c1-12-11-23(16-5-3-2-4-15(16)20)22-17(12)18(24)21-10-14(19(25)26)13-6-8-27-9-7-13/h2-5,11,13-14H,6-10H2,1H3,(H,21,24)(H,25,26). The number of amides is 1. The van der Waals surface area contributed by atoms with Crippen molar-refractivity contribution >= 4 is 23.5 Å². The molecule has 0 aliphatic carbocycles. The second-order valence-corrected chi connectivity index (χ2v) is 7.07. The zero-order valence-corrected chi connectivity index (χ0v) is 15.8. The molecule has 2 aromatic rings. The third-order valence-electron chi connectivity index (χ3n) is 4.85. The highest BCUT2D eigenvalue weighted by Gasteiger charge is 2.30. The predicted molar refractivity (Wildman–Crippen MR) is 100 cm³/mol. The largest absolute Gasteiger partial charge is 0.481 e. The van der Waals surface area contributed by atoms with Crippen LogP contribution in [-0.2, 0) is 9.53 Å². The van der Waals surface area contributed by atoms with Gasteiger partial charge in [0.1, 0.15) is 0 Å². The van der Waals surface area contributed by atoms with Gasteiger partial charge in [-0.15, -0.1) is 0 Å². The number of aryl methyl sites for hydroxylation is 1. The summed E-state index contributed by atoms with van der Waals surface area (Å²) in [6.07, 6.45) is 3.10. The lowest BCUT2D eigenvalue weighted by Crippen LogP contribution is -2.39. The monoisotopic (exact) mass is 391 g/mol. The Morgan fingerprint density at radius 3 is 2.74 bits per heavy atom. The third-order valence-corrected chi connectivity index (χ3v) is 5.17. The molecule has 1 amide bonds. The fourth-order valence-corrected chi connectivity index (χ4v) is 3.53. The number of nitrogens with one attached hydrogen (secondary N) is 1. The van der Waals surface area contributed by atoms with Gasteiger partial charge in [-0.1, -0.05) is 23.7 Å². The van der Waals surface area contributed by atoms with Gasteiger partial charge in [0.15, 0.2) is 5.69 Å². The Morgan fingerprint density at radius 2 is 2.07 bits per heavy atom. The number of aromatic nitrogens is 2. The molecule has 0 saturated carbocycles. The van der Waals surface area contributed by atoms with Crippen LogP contribution in [0.3, 0.4) is 0 Å². The first-order valence-electron chi connectivity index (χ1n) is 8.87. The van der Waals surface area contributed by atoms with Crippen molar-refractivity contribution in [2.75, 3.05) is 19.8 Å². The molecule has 1 aromatic carbocycles. The maximum absolute atomic E-state index is 12.6. The van der Waals surface area contributed by atoms with E-state index in [1.807, 2.05) is 18.2 Å². The molecule has 1 atom stereocenters. The maximum Gasteiger partial charge on any atom is 0.308 e. The zero-order valence-electron chi connectivity index (χ0n) is 15.0. The quantitative estimate of drug-likeness (QED) is 0.789. The van der Waals surface area contributed by atoms with Crippen LogP contribution >= 0.6 is 11.6 Å². The van der Waals surface area contributed by atoms with Gasteiger partial charge in [0.2, 0.25) is 0 Å². The van der Waals surface area contributed by atoms with Gasteiger partial charge in [0, 0.05) is 31.5 Å². The molecule has 8 heteroatoms. The summed E-state index contributed by atoms with van der Waals surface area (Å²) < 4.78 is 6.85. The molecule has 1 saturated heterocycles. The van der Waals surface area contributed by atoms with Gasteiger partial charge < -0.3 is 15.2 Å². The van der Waals surface area contributed by atoms with Gasteiger partial charge in [-0.2, -0.15) is 5.10 Å². The number of nitrogens with zero attached hydrogens (tertiary/aromatic N) is 2. The van der Waals surface area contributed by atoms with Crippen molar-refractivity contribution < 1.29 is 19.4 Å². The smallest absolute Gasteiger partial charge is 0.308 e. The Bertz CT molecular complexity index is 830. The van der Waals surface area contributed by atoms with Crippen LogP contribution in [0.15, 0.2) is 30.5 Å². The SMILES string of the molecule is Cc1cn(-c2ccccc2Cl)nc1C(=O)NCC(C(=O)O)C1CCOCC1. The summed E-state index contributed by atoms with van der Waals surface area (Å²) in [4.78, 5) is 24.2. The van der Waals surface area contributed by atoms with Crippen molar-refractivity contribution in [2.45, 2.75) is 19.8 Å². The average molecular weight is 392 g/mol. The van der Waals surface area contributed by atoms with Crippen LogP contribution in [-0.4, -0.2) is 46.5 Å². The minimum absolute atomic E-state index is 0.00155. The number of para-hydroxylation sites is 1. The van der Waals surface area contributed by atoms with Crippen LogP contribution in [0.2, 0.25) is 5.02 Å². The number of rotatable bonds is 6. The van der Waals surface area contributed by atoms with E-state index in [0.717, 1.165) is 0 Å². The molecular formula is C19H22ClN3O4. The predicted octanol–water partition coefficient (Wildman–Crippen LogP) is 2.69. The fraction of sp³-hybridized carbons (Fsp3) is 0.421. The van der Waals surface area contributed by atoms with Crippen molar-refractivity contribution in [3.05, 3.63) is 46.7 Å². The van der Waals surface area contributed by atoms with Crippen LogP contribution in [0.25, 0.3) is 5.69 Å². The summed E-state index contributed by atoms with van der Waals surface area (Å²) >= 11 is 6.19. The van der Waals surface area contributed by atoms with E-state index in [4.69, 9.17) is 16.3 Å². The van der Waals surface area contributed by atoms with Crippen molar-refractivity contribution in [1.29, 1.82) is 0 Å². The number of carbonyl (C=O) groups excluding carboxylic acids is 1. The molecule has 1 aromatic heterocycles. The van der Waals surface area contributed by atoms with Gasteiger partial charge in [-0.25, -0.2) is 4.68 Å². The lowest BCUT2D eigenvalue weighted by Gasteiger charge is -2.27. The second kappa shape index (κ2) is 8.54. The molecule has 3 rings (SSSR count). The Balaban J connectivity index is 1.70. The lowest BCUT2D eigenvalue weighted by molar-refractivity contribution is -0.144. The molecule has 1 fully saturated rings. The van der Waals surface area contributed by atoms with Crippen LogP contribution in [0.1, 0.15) is 28.9 Å². The Hall–Kier alpha value is -2.38. The van der Waals surface area contributed by atoms with Crippen LogP contribution in [0.4, 0.5) is 0 Å². The van der Waals surface area contributed by atoms with Crippen molar-refractivity contribution in [3.8, 4) is 5.69 Å². The maximum atomic E-state index is 12.6. The molecular weight excluding hydrogens is 370 g/mol. The van der Waals surface area contributed by atoms with E-state index in [1.165, 1.54) is 0 Å². The molecule has 7 nitrogen and oxygen atoms in total. The highest BCUT2D eigenvalue weighted by molar-refractivity contribution is 6.32. The number of carboxylic acids is 1. The molecule has 1 aliphatic rings. The summed E-state index contributed by atoms with van der Waals surface area (Å²) in [5.74, 6) is -1.93. The van der Waals surface area contributed by atoms with E-state index in [2.05, 4.69) is 10.4 Å². The lowest BCUT2D eigenvalue weighted by atomic mass is 9.86.